The first-order chi connectivity index (χ1) is 8.07. The van der Waals surface area contributed by atoms with Gasteiger partial charge in [0, 0.05) is 6.54 Å². The smallest absolute Gasteiger partial charge is 0.138 e. The molecule has 5 heteroatoms. The minimum atomic E-state index is -0.150. The van der Waals surface area contributed by atoms with E-state index in [-0.39, 0.29) is 5.54 Å². The standard InChI is InChI=1S/C12H18N4S/c1-8(2)12(3,6-13)16-10-9-4-5-17-11(9)15-7-14-10/h4-5,7-8H,6,13H2,1-3H3,(H,14,15,16). The van der Waals surface area contributed by atoms with Crippen molar-refractivity contribution in [3.63, 3.8) is 0 Å². The third-order valence-electron chi connectivity index (χ3n) is 3.36. The van der Waals surface area contributed by atoms with Gasteiger partial charge in [-0.25, -0.2) is 9.97 Å². The quantitative estimate of drug-likeness (QED) is 0.875. The van der Waals surface area contributed by atoms with Gasteiger partial charge < -0.3 is 11.1 Å². The molecule has 0 saturated heterocycles. The van der Waals surface area contributed by atoms with Gasteiger partial charge in [0.1, 0.15) is 17.0 Å². The van der Waals surface area contributed by atoms with Crippen LogP contribution in [0.2, 0.25) is 0 Å². The first-order valence-electron chi connectivity index (χ1n) is 5.73. The van der Waals surface area contributed by atoms with Crippen LogP contribution >= 0.6 is 11.3 Å². The lowest BCUT2D eigenvalue weighted by Crippen LogP contribution is -2.47. The van der Waals surface area contributed by atoms with Gasteiger partial charge in [-0.1, -0.05) is 13.8 Å². The summed E-state index contributed by atoms with van der Waals surface area (Å²) in [5.41, 5.74) is 5.72. The molecule has 0 saturated carbocycles. The molecule has 0 spiro atoms. The lowest BCUT2D eigenvalue weighted by Gasteiger charge is -2.34. The second-order valence-electron chi connectivity index (χ2n) is 4.76. The summed E-state index contributed by atoms with van der Waals surface area (Å²) in [4.78, 5) is 9.57. The van der Waals surface area contributed by atoms with Crippen LogP contribution in [0.4, 0.5) is 5.82 Å². The SMILES string of the molecule is CC(C)C(C)(CN)Nc1ncnc2sccc12. The predicted molar refractivity (Wildman–Crippen MR) is 73.3 cm³/mol. The molecule has 2 heterocycles. The molecule has 92 valence electrons. The Labute approximate surface area is 105 Å². The van der Waals surface area contributed by atoms with Gasteiger partial charge in [-0.15, -0.1) is 11.3 Å². The van der Waals surface area contributed by atoms with E-state index in [1.165, 1.54) is 0 Å². The van der Waals surface area contributed by atoms with E-state index in [9.17, 15) is 0 Å². The average molecular weight is 250 g/mol. The van der Waals surface area contributed by atoms with Crippen molar-refractivity contribution in [3.05, 3.63) is 17.8 Å². The highest BCUT2D eigenvalue weighted by Gasteiger charge is 2.27. The molecule has 4 nitrogen and oxygen atoms in total. The number of nitrogens with one attached hydrogen (secondary N) is 1. The lowest BCUT2D eigenvalue weighted by molar-refractivity contribution is 0.382. The minimum absolute atomic E-state index is 0.150. The molecule has 0 aromatic carbocycles. The fraction of sp³-hybridized carbons (Fsp3) is 0.500. The van der Waals surface area contributed by atoms with E-state index in [1.54, 1.807) is 17.7 Å². The molecular weight excluding hydrogens is 232 g/mol. The molecule has 2 aromatic rings. The van der Waals surface area contributed by atoms with Crippen LogP contribution in [0, 0.1) is 5.92 Å². The van der Waals surface area contributed by atoms with E-state index in [1.807, 2.05) is 11.4 Å². The van der Waals surface area contributed by atoms with Crippen molar-refractivity contribution in [3.8, 4) is 0 Å². The zero-order chi connectivity index (χ0) is 12.5. The van der Waals surface area contributed by atoms with Gasteiger partial charge in [-0.3, -0.25) is 0 Å². The number of hydrogen-bond acceptors (Lipinski definition) is 5. The molecule has 0 fully saturated rings. The van der Waals surface area contributed by atoms with Crippen molar-refractivity contribution in [1.82, 2.24) is 9.97 Å². The number of fused-ring (bicyclic) bond motifs is 1. The van der Waals surface area contributed by atoms with Gasteiger partial charge in [0.15, 0.2) is 0 Å². The van der Waals surface area contributed by atoms with Crippen molar-refractivity contribution in [2.75, 3.05) is 11.9 Å². The fourth-order valence-corrected chi connectivity index (χ4v) is 2.32. The molecule has 3 N–H and O–H groups in total. The Morgan fingerprint density at radius 2 is 2.24 bits per heavy atom. The summed E-state index contributed by atoms with van der Waals surface area (Å²) < 4.78 is 0. The Bertz CT molecular complexity index is 508. The number of hydrogen-bond donors (Lipinski definition) is 2. The summed E-state index contributed by atoms with van der Waals surface area (Å²) in [6, 6.07) is 2.04. The van der Waals surface area contributed by atoms with Crippen LogP contribution in [-0.4, -0.2) is 22.1 Å². The van der Waals surface area contributed by atoms with E-state index < -0.39 is 0 Å². The largest absolute Gasteiger partial charge is 0.363 e. The maximum absolute atomic E-state index is 5.87. The van der Waals surface area contributed by atoms with Crippen LogP contribution < -0.4 is 11.1 Å². The van der Waals surface area contributed by atoms with Gasteiger partial charge >= 0.3 is 0 Å². The van der Waals surface area contributed by atoms with Crippen molar-refractivity contribution in [1.29, 1.82) is 0 Å². The van der Waals surface area contributed by atoms with Crippen molar-refractivity contribution in [2.24, 2.45) is 11.7 Å². The summed E-state index contributed by atoms with van der Waals surface area (Å²) in [6.07, 6.45) is 1.60. The Kier molecular flexibility index (Phi) is 3.31. The molecule has 0 bridgehead atoms. The molecule has 2 rings (SSSR count). The van der Waals surface area contributed by atoms with Crippen LogP contribution in [0.5, 0.6) is 0 Å². The maximum atomic E-state index is 5.87. The average Bonchev–Trinajstić information content (AvgIpc) is 2.77. The molecule has 0 amide bonds. The summed E-state index contributed by atoms with van der Waals surface area (Å²) in [5, 5.41) is 6.56. The van der Waals surface area contributed by atoms with E-state index >= 15 is 0 Å². The Morgan fingerprint density at radius 1 is 1.47 bits per heavy atom. The highest BCUT2D eigenvalue weighted by molar-refractivity contribution is 7.16. The number of rotatable bonds is 4. The maximum Gasteiger partial charge on any atom is 0.138 e. The summed E-state index contributed by atoms with van der Waals surface area (Å²) in [6.45, 7) is 7.01. The molecule has 1 atom stereocenters. The van der Waals surface area contributed by atoms with Crippen LogP contribution in [-0.2, 0) is 0 Å². The third kappa shape index (κ3) is 2.25. The number of aromatic nitrogens is 2. The monoisotopic (exact) mass is 250 g/mol. The molecule has 0 radical (unpaired) electrons. The van der Waals surface area contributed by atoms with Gasteiger partial charge in [-0.2, -0.15) is 0 Å². The second kappa shape index (κ2) is 4.58. The molecular formula is C12H18N4S. The highest BCUT2D eigenvalue weighted by atomic mass is 32.1. The highest BCUT2D eigenvalue weighted by Crippen LogP contribution is 2.28. The van der Waals surface area contributed by atoms with Crippen molar-refractivity contribution in [2.45, 2.75) is 26.3 Å². The second-order valence-corrected chi connectivity index (χ2v) is 5.66. The lowest BCUT2D eigenvalue weighted by atomic mass is 9.88. The van der Waals surface area contributed by atoms with Gasteiger partial charge in [0.25, 0.3) is 0 Å². The molecule has 17 heavy (non-hydrogen) atoms. The summed E-state index contributed by atoms with van der Waals surface area (Å²) in [5.74, 6) is 1.30. The first-order valence-corrected chi connectivity index (χ1v) is 6.61. The van der Waals surface area contributed by atoms with E-state index in [0.29, 0.717) is 12.5 Å². The Balaban J connectivity index is 2.38. The Morgan fingerprint density at radius 3 is 2.88 bits per heavy atom. The number of nitrogens with two attached hydrogens (primary N) is 1. The van der Waals surface area contributed by atoms with Gasteiger partial charge in [0.2, 0.25) is 0 Å². The van der Waals surface area contributed by atoms with E-state index in [4.69, 9.17) is 5.73 Å². The van der Waals surface area contributed by atoms with Crippen molar-refractivity contribution >= 4 is 27.4 Å². The molecule has 2 aromatic heterocycles. The molecule has 0 aliphatic heterocycles. The Hall–Kier alpha value is -1.20. The predicted octanol–water partition coefficient (Wildman–Crippen LogP) is 2.48. The zero-order valence-electron chi connectivity index (χ0n) is 10.4. The topological polar surface area (TPSA) is 63.8 Å². The number of anilines is 1. The van der Waals surface area contributed by atoms with Gasteiger partial charge in [0.05, 0.1) is 10.9 Å². The third-order valence-corrected chi connectivity index (χ3v) is 4.18. The van der Waals surface area contributed by atoms with Crippen molar-refractivity contribution < 1.29 is 0 Å². The zero-order valence-corrected chi connectivity index (χ0v) is 11.2. The minimum Gasteiger partial charge on any atom is -0.363 e. The summed E-state index contributed by atoms with van der Waals surface area (Å²) >= 11 is 1.62. The van der Waals surface area contributed by atoms with Crippen LogP contribution in [0.15, 0.2) is 17.8 Å². The fourth-order valence-electron chi connectivity index (χ4n) is 1.59. The normalized spacial score (nSPS) is 15.1. The van der Waals surface area contributed by atoms with E-state index in [2.05, 4.69) is 36.1 Å². The summed E-state index contributed by atoms with van der Waals surface area (Å²) in [7, 11) is 0. The first kappa shape index (κ1) is 12.3. The van der Waals surface area contributed by atoms with Crippen LogP contribution in [0.1, 0.15) is 20.8 Å². The molecule has 1 unspecified atom stereocenters. The molecule has 0 aliphatic carbocycles. The van der Waals surface area contributed by atoms with E-state index in [0.717, 1.165) is 16.0 Å². The van der Waals surface area contributed by atoms with Crippen LogP contribution in [0.25, 0.3) is 10.2 Å². The molecule has 0 aliphatic rings. The number of nitrogens with zero attached hydrogens (tertiary/aromatic N) is 2. The number of thiophene rings is 1. The van der Waals surface area contributed by atoms with Crippen LogP contribution in [0.3, 0.4) is 0 Å². The van der Waals surface area contributed by atoms with Gasteiger partial charge in [-0.05, 0) is 24.3 Å².